The van der Waals surface area contributed by atoms with Crippen LogP contribution in [0.2, 0.25) is 0 Å². The second-order valence-electron chi connectivity index (χ2n) is 5.87. The van der Waals surface area contributed by atoms with E-state index < -0.39 is 0 Å². The van der Waals surface area contributed by atoms with Crippen LogP contribution in [0.4, 0.5) is 0 Å². The molecule has 1 heterocycles. The van der Waals surface area contributed by atoms with Crippen molar-refractivity contribution >= 4 is 5.91 Å². The molecule has 1 aliphatic heterocycles. The van der Waals surface area contributed by atoms with Crippen molar-refractivity contribution in [1.82, 2.24) is 10.2 Å². The van der Waals surface area contributed by atoms with Crippen molar-refractivity contribution in [2.75, 3.05) is 26.2 Å². The third-order valence-corrected chi connectivity index (χ3v) is 4.27. The molecule has 1 aliphatic rings. The van der Waals surface area contributed by atoms with Crippen LogP contribution in [0.25, 0.3) is 0 Å². The normalized spacial score (nSPS) is 20.1. The number of carbonyl (C=O) groups is 1. The second kappa shape index (κ2) is 7.10. The maximum atomic E-state index is 11.9. The lowest BCUT2D eigenvalue weighted by Crippen LogP contribution is -2.47. The van der Waals surface area contributed by atoms with Gasteiger partial charge in [-0.3, -0.25) is 9.69 Å². The quantitative estimate of drug-likeness (QED) is 0.753. The van der Waals surface area contributed by atoms with Gasteiger partial charge in [0.05, 0.1) is 6.54 Å². The van der Waals surface area contributed by atoms with Crippen LogP contribution in [0.1, 0.15) is 46.5 Å². The highest BCUT2D eigenvalue weighted by Crippen LogP contribution is 2.29. The first kappa shape index (κ1) is 15.4. The van der Waals surface area contributed by atoms with E-state index in [0.717, 1.165) is 45.3 Å². The third kappa shape index (κ3) is 4.58. The van der Waals surface area contributed by atoms with Gasteiger partial charge in [-0.05, 0) is 50.7 Å². The van der Waals surface area contributed by atoms with E-state index in [1.54, 1.807) is 0 Å². The molecule has 4 nitrogen and oxygen atoms in total. The maximum Gasteiger partial charge on any atom is 0.234 e. The number of piperidine rings is 1. The van der Waals surface area contributed by atoms with E-state index in [1.165, 1.54) is 0 Å². The molecule has 1 saturated heterocycles. The number of hydrogen-bond donors (Lipinski definition) is 2. The fraction of sp³-hybridized carbons (Fsp3) is 0.929. The summed E-state index contributed by atoms with van der Waals surface area (Å²) in [6.45, 7) is 9.74. The van der Waals surface area contributed by atoms with Gasteiger partial charge in [0, 0.05) is 6.04 Å². The Morgan fingerprint density at radius 2 is 1.89 bits per heavy atom. The fourth-order valence-corrected chi connectivity index (χ4v) is 2.42. The predicted octanol–water partition coefficient (Wildman–Crippen LogP) is 1.35. The number of nitrogens with two attached hydrogens (primary N) is 1. The summed E-state index contributed by atoms with van der Waals surface area (Å²) < 4.78 is 0. The molecule has 3 N–H and O–H groups in total. The van der Waals surface area contributed by atoms with E-state index in [2.05, 4.69) is 31.0 Å². The molecule has 4 heteroatoms. The molecule has 1 rings (SSSR count). The van der Waals surface area contributed by atoms with Crippen molar-refractivity contribution in [1.29, 1.82) is 0 Å². The number of nitrogens with zero attached hydrogens (tertiary/aromatic N) is 1. The Morgan fingerprint density at radius 3 is 2.33 bits per heavy atom. The topological polar surface area (TPSA) is 58.4 Å². The number of hydrogen-bond acceptors (Lipinski definition) is 3. The van der Waals surface area contributed by atoms with Crippen LogP contribution < -0.4 is 11.1 Å². The SMILES string of the molecule is CCC(CC)NC(=O)CN1CCC(C)(CN)CC1. The van der Waals surface area contributed by atoms with Gasteiger partial charge in [0.2, 0.25) is 5.91 Å². The minimum absolute atomic E-state index is 0.167. The Balaban J connectivity index is 2.30. The molecule has 0 spiro atoms. The van der Waals surface area contributed by atoms with E-state index in [-0.39, 0.29) is 11.3 Å². The molecular formula is C14H29N3O. The highest BCUT2D eigenvalue weighted by atomic mass is 16.2. The molecule has 106 valence electrons. The lowest BCUT2D eigenvalue weighted by atomic mass is 9.80. The summed E-state index contributed by atoms with van der Waals surface area (Å²) in [7, 11) is 0. The number of nitrogens with one attached hydrogen (secondary N) is 1. The summed E-state index contributed by atoms with van der Waals surface area (Å²) in [6, 6.07) is 0.330. The number of amides is 1. The molecule has 0 atom stereocenters. The van der Waals surface area contributed by atoms with Crippen LogP contribution in [0.15, 0.2) is 0 Å². The van der Waals surface area contributed by atoms with E-state index >= 15 is 0 Å². The van der Waals surface area contributed by atoms with E-state index in [4.69, 9.17) is 5.73 Å². The van der Waals surface area contributed by atoms with Crippen molar-refractivity contribution < 1.29 is 4.79 Å². The van der Waals surface area contributed by atoms with Crippen molar-refractivity contribution in [2.24, 2.45) is 11.1 Å². The van der Waals surface area contributed by atoms with Crippen LogP contribution in [0.3, 0.4) is 0 Å². The molecule has 0 unspecified atom stereocenters. The molecule has 0 saturated carbocycles. The van der Waals surface area contributed by atoms with Crippen LogP contribution in [-0.4, -0.2) is 43.0 Å². The van der Waals surface area contributed by atoms with Crippen LogP contribution in [-0.2, 0) is 4.79 Å². The summed E-state index contributed by atoms with van der Waals surface area (Å²) in [4.78, 5) is 14.1. The first-order chi connectivity index (χ1) is 8.53. The number of rotatable bonds is 6. The van der Waals surface area contributed by atoms with Gasteiger partial charge in [0.25, 0.3) is 0 Å². The highest BCUT2D eigenvalue weighted by Gasteiger charge is 2.29. The maximum absolute atomic E-state index is 11.9. The lowest BCUT2D eigenvalue weighted by Gasteiger charge is -2.38. The van der Waals surface area contributed by atoms with Gasteiger partial charge < -0.3 is 11.1 Å². The summed E-state index contributed by atoms with van der Waals surface area (Å²) in [5.41, 5.74) is 6.07. The molecule has 1 amide bonds. The van der Waals surface area contributed by atoms with Gasteiger partial charge in [0.1, 0.15) is 0 Å². The largest absolute Gasteiger partial charge is 0.352 e. The van der Waals surface area contributed by atoms with Crippen LogP contribution in [0, 0.1) is 5.41 Å². The smallest absolute Gasteiger partial charge is 0.234 e. The van der Waals surface area contributed by atoms with E-state index in [0.29, 0.717) is 12.6 Å². The molecule has 0 aromatic rings. The first-order valence-electron chi connectivity index (χ1n) is 7.24. The molecule has 0 aliphatic carbocycles. The zero-order valence-corrected chi connectivity index (χ0v) is 12.2. The number of carbonyl (C=O) groups excluding carboxylic acids is 1. The van der Waals surface area contributed by atoms with Gasteiger partial charge in [-0.1, -0.05) is 20.8 Å². The minimum Gasteiger partial charge on any atom is -0.352 e. The summed E-state index contributed by atoms with van der Waals surface area (Å²) >= 11 is 0. The Morgan fingerprint density at radius 1 is 1.33 bits per heavy atom. The van der Waals surface area contributed by atoms with Crippen LogP contribution >= 0.6 is 0 Å². The van der Waals surface area contributed by atoms with E-state index in [1.807, 2.05) is 0 Å². The standard InChI is InChI=1S/C14H29N3O/c1-4-12(5-2)16-13(18)10-17-8-6-14(3,11-15)7-9-17/h12H,4-11,15H2,1-3H3,(H,16,18). The first-order valence-corrected chi connectivity index (χ1v) is 7.24. The Bertz CT molecular complexity index is 256. The van der Waals surface area contributed by atoms with Gasteiger partial charge >= 0.3 is 0 Å². The zero-order valence-electron chi connectivity index (χ0n) is 12.2. The van der Waals surface area contributed by atoms with Crippen molar-refractivity contribution in [2.45, 2.75) is 52.5 Å². The molecule has 0 aromatic carbocycles. The van der Waals surface area contributed by atoms with Crippen LogP contribution in [0.5, 0.6) is 0 Å². The molecular weight excluding hydrogens is 226 g/mol. The minimum atomic E-state index is 0.167. The Hall–Kier alpha value is -0.610. The van der Waals surface area contributed by atoms with Crippen molar-refractivity contribution in [3.8, 4) is 0 Å². The summed E-state index contributed by atoms with van der Waals surface area (Å²) in [5, 5.41) is 3.09. The molecule has 0 aromatic heterocycles. The number of likely N-dealkylation sites (tertiary alicyclic amines) is 1. The molecule has 0 radical (unpaired) electrons. The zero-order chi connectivity index (χ0) is 13.6. The summed E-state index contributed by atoms with van der Waals surface area (Å²) in [5.74, 6) is 0.167. The van der Waals surface area contributed by atoms with Crippen molar-refractivity contribution in [3.05, 3.63) is 0 Å². The molecule has 1 fully saturated rings. The molecule has 18 heavy (non-hydrogen) atoms. The Labute approximate surface area is 111 Å². The summed E-state index contributed by atoms with van der Waals surface area (Å²) in [6.07, 6.45) is 4.21. The third-order valence-electron chi connectivity index (χ3n) is 4.27. The highest BCUT2D eigenvalue weighted by molar-refractivity contribution is 5.78. The van der Waals surface area contributed by atoms with Crippen molar-refractivity contribution in [3.63, 3.8) is 0 Å². The molecule has 0 bridgehead atoms. The lowest BCUT2D eigenvalue weighted by molar-refractivity contribution is -0.123. The second-order valence-corrected chi connectivity index (χ2v) is 5.87. The Kier molecular flexibility index (Phi) is 6.09. The predicted molar refractivity (Wildman–Crippen MR) is 75.3 cm³/mol. The fourth-order valence-electron chi connectivity index (χ4n) is 2.42. The average molecular weight is 255 g/mol. The van der Waals surface area contributed by atoms with Gasteiger partial charge in [-0.2, -0.15) is 0 Å². The van der Waals surface area contributed by atoms with Gasteiger partial charge in [-0.15, -0.1) is 0 Å². The van der Waals surface area contributed by atoms with E-state index in [9.17, 15) is 4.79 Å². The van der Waals surface area contributed by atoms with Gasteiger partial charge in [0.15, 0.2) is 0 Å². The monoisotopic (exact) mass is 255 g/mol. The van der Waals surface area contributed by atoms with Gasteiger partial charge in [-0.25, -0.2) is 0 Å². The average Bonchev–Trinajstić information content (AvgIpc) is 2.39.